The van der Waals surface area contributed by atoms with Crippen molar-refractivity contribution in [2.45, 2.75) is 25.7 Å². The van der Waals surface area contributed by atoms with Gasteiger partial charge in [0, 0.05) is 21.9 Å². The molecule has 1 aromatic carbocycles. The van der Waals surface area contributed by atoms with Crippen LogP contribution in [0.2, 0.25) is 0 Å². The Morgan fingerprint density at radius 2 is 2.06 bits per heavy atom. The van der Waals surface area contributed by atoms with Gasteiger partial charge in [-0.1, -0.05) is 0 Å². The lowest BCUT2D eigenvalue weighted by molar-refractivity contribution is -0.114. The first-order valence-electron chi connectivity index (χ1n) is 5.65. The predicted octanol–water partition coefficient (Wildman–Crippen LogP) is 3.09. The first-order chi connectivity index (χ1) is 8.49. The minimum Gasteiger partial charge on any atom is -0.422 e. The third-order valence-corrected chi connectivity index (χ3v) is 4.05. The number of hydrogen-bond donors (Lipinski definition) is 0. The van der Waals surface area contributed by atoms with Gasteiger partial charge in [0.05, 0.1) is 5.75 Å². The molecule has 4 heteroatoms. The van der Waals surface area contributed by atoms with E-state index in [1.807, 2.05) is 26.0 Å². The van der Waals surface area contributed by atoms with Gasteiger partial charge in [0.15, 0.2) is 0 Å². The number of rotatable bonds is 3. The molecule has 18 heavy (non-hydrogen) atoms. The fourth-order valence-electron chi connectivity index (χ4n) is 1.84. The number of Topliss-reactive ketones (excluding diaryl/α,β-unsaturated/α-hetero) is 1. The fourth-order valence-corrected chi connectivity index (χ4v) is 2.67. The van der Waals surface area contributed by atoms with Crippen LogP contribution in [0.4, 0.5) is 0 Å². The summed E-state index contributed by atoms with van der Waals surface area (Å²) >= 11 is 1.47. The summed E-state index contributed by atoms with van der Waals surface area (Å²) in [5.41, 5.74) is 2.11. The summed E-state index contributed by atoms with van der Waals surface area (Å²) in [7, 11) is 0. The van der Waals surface area contributed by atoms with Crippen molar-refractivity contribution in [2.75, 3.05) is 5.75 Å². The summed E-state index contributed by atoms with van der Waals surface area (Å²) in [6.45, 7) is 5.36. The lowest BCUT2D eigenvalue weighted by Gasteiger charge is -2.08. The maximum atomic E-state index is 11.4. The highest BCUT2D eigenvalue weighted by molar-refractivity contribution is 8.00. The van der Waals surface area contributed by atoms with Crippen LogP contribution in [0.25, 0.3) is 11.0 Å². The molecule has 2 aromatic rings. The standard InChI is InChI=1S/C14H14O3S/c1-8-6-13(16)17-14-10(3)12(5-4-11(8)14)18-7-9(2)15/h4-6H,7H2,1-3H3. The van der Waals surface area contributed by atoms with E-state index in [0.29, 0.717) is 11.3 Å². The van der Waals surface area contributed by atoms with Crippen molar-refractivity contribution in [2.24, 2.45) is 0 Å². The summed E-state index contributed by atoms with van der Waals surface area (Å²) in [5, 5.41) is 0.944. The molecule has 0 aliphatic rings. The van der Waals surface area contributed by atoms with E-state index < -0.39 is 0 Å². The fraction of sp³-hybridized carbons (Fsp3) is 0.286. The molecular weight excluding hydrogens is 248 g/mol. The predicted molar refractivity (Wildman–Crippen MR) is 73.4 cm³/mol. The van der Waals surface area contributed by atoms with E-state index >= 15 is 0 Å². The molecule has 94 valence electrons. The molecule has 0 aliphatic carbocycles. The van der Waals surface area contributed by atoms with E-state index in [0.717, 1.165) is 21.4 Å². The largest absolute Gasteiger partial charge is 0.422 e. The number of aryl methyl sites for hydroxylation is 2. The van der Waals surface area contributed by atoms with Gasteiger partial charge in [-0.05, 0) is 38.5 Å². The molecule has 0 amide bonds. The van der Waals surface area contributed by atoms with Crippen LogP contribution in [0.15, 0.2) is 32.3 Å². The van der Waals surface area contributed by atoms with Crippen LogP contribution in [-0.4, -0.2) is 11.5 Å². The maximum Gasteiger partial charge on any atom is 0.336 e. The second kappa shape index (κ2) is 4.98. The first kappa shape index (κ1) is 12.9. The molecule has 0 aliphatic heterocycles. The second-order valence-corrected chi connectivity index (χ2v) is 5.32. The normalized spacial score (nSPS) is 10.8. The van der Waals surface area contributed by atoms with Crippen LogP contribution < -0.4 is 5.63 Å². The summed E-state index contributed by atoms with van der Waals surface area (Å²) < 4.78 is 5.27. The SMILES string of the molecule is CC(=O)CSc1ccc2c(C)cc(=O)oc2c1C. The van der Waals surface area contributed by atoms with Crippen LogP contribution in [-0.2, 0) is 4.79 Å². The highest BCUT2D eigenvalue weighted by atomic mass is 32.2. The summed E-state index contributed by atoms with van der Waals surface area (Å²) in [6.07, 6.45) is 0. The van der Waals surface area contributed by atoms with Gasteiger partial charge < -0.3 is 4.42 Å². The Labute approximate surface area is 109 Å². The third-order valence-electron chi connectivity index (χ3n) is 2.75. The molecule has 0 bridgehead atoms. The van der Waals surface area contributed by atoms with Crippen molar-refractivity contribution in [3.8, 4) is 0 Å². The van der Waals surface area contributed by atoms with Crippen LogP contribution in [0.5, 0.6) is 0 Å². The molecule has 0 radical (unpaired) electrons. The van der Waals surface area contributed by atoms with Crippen LogP contribution in [0.1, 0.15) is 18.1 Å². The Hall–Kier alpha value is -1.55. The van der Waals surface area contributed by atoms with Gasteiger partial charge in [-0.15, -0.1) is 11.8 Å². The number of carbonyl (C=O) groups is 1. The van der Waals surface area contributed by atoms with E-state index in [1.165, 1.54) is 17.8 Å². The first-order valence-corrected chi connectivity index (χ1v) is 6.64. The zero-order valence-electron chi connectivity index (χ0n) is 10.6. The molecule has 1 aromatic heterocycles. The molecule has 3 nitrogen and oxygen atoms in total. The van der Waals surface area contributed by atoms with Crippen molar-refractivity contribution < 1.29 is 9.21 Å². The van der Waals surface area contributed by atoms with Crippen molar-refractivity contribution in [3.63, 3.8) is 0 Å². The summed E-state index contributed by atoms with van der Waals surface area (Å²) in [4.78, 5) is 23.4. The second-order valence-electron chi connectivity index (χ2n) is 4.30. The maximum absolute atomic E-state index is 11.4. The monoisotopic (exact) mass is 262 g/mol. The van der Waals surface area contributed by atoms with Gasteiger partial charge in [-0.25, -0.2) is 4.79 Å². The molecule has 1 heterocycles. The Morgan fingerprint density at radius 1 is 1.33 bits per heavy atom. The summed E-state index contributed by atoms with van der Waals surface area (Å²) in [5.74, 6) is 0.563. The van der Waals surface area contributed by atoms with Crippen molar-refractivity contribution in [3.05, 3.63) is 39.7 Å². The molecular formula is C14H14O3S. The smallest absolute Gasteiger partial charge is 0.336 e. The quantitative estimate of drug-likeness (QED) is 0.630. The molecule has 0 N–H and O–H groups in total. The zero-order chi connectivity index (χ0) is 13.3. The molecule has 0 fully saturated rings. The van der Waals surface area contributed by atoms with Crippen LogP contribution in [0.3, 0.4) is 0 Å². The Kier molecular flexibility index (Phi) is 3.57. The van der Waals surface area contributed by atoms with E-state index in [2.05, 4.69) is 0 Å². The van der Waals surface area contributed by atoms with E-state index in [4.69, 9.17) is 4.42 Å². The minimum atomic E-state index is -0.336. The molecule has 0 atom stereocenters. The van der Waals surface area contributed by atoms with Gasteiger partial charge in [0.25, 0.3) is 0 Å². The highest BCUT2D eigenvalue weighted by Gasteiger charge is 2.09. The van der Waals surface area contributed by atoms with E-state index in [-0.39, 0.29) is 11.4 Å². The molecule has 0 saturated carbocycles. The van der Waals surface area contributed by atoms with E-state index in [9.17, 15) is 9.59 Å². The van der Waals surface area contributed by atoms with Crippen molar-refractivity contribution in [1.29, 1.82) is 0 Å². The minimum absolute atomic E-state index is 0.130. The number of hydrogen-bond acceptors (Lipinski definition) is 4. The van der Waals surface area contributed by atoms with Crippen molar-refractivity contribution >= 4 is 28.5 Å². The van der Waals surface area contributed by atoms with Gasteiger partial charge in [0.2, 0.25) is 0 Å². The summed E-state index contributed by atoms with van der Waals surface area (Å²) in [6, 6.07) is 5.39. The number of benzene rings is 1. The van der Waals surface area contributed by atoms with Crippen LogP contribution in [0, 0.1) is 13.8 Å². The number of ketones is 1. The molecule has 0 spiro atoms. The lowest BCUT2D eigenvalue weighted by Crippen LogP contribution is -2.00. The Balaban J connectivity index is 2.56. The number of carbonyl (C=O) groups excluding carboxylic acids is 1. The average Bonchev–Trinajstić information content (AvgIpc) is 2.29. The Morgan fingerprint density at radius 3 is 2.72 bits per heavy atom. The van der Waals surface area contributed by atoms with Gasteiger partial charge in [-0.2, -0.15) is 0 Å². The average molecular weight is 262 g/mol. The van der Waals surface area contributed by atoms with Gasteiger partial charge in [0.1, 0.15) is 11.4 Å². The van der Waals surface area contributed by atoms with Gasteiger partial charge in [-0.3, -0.25) is 4.79 Å². The molecule has 0 unspecified atom stereocenters. The zero-order valence-corrected chi connectivity index (χ0v) is 11.4. The topological polar surface area (TPSA) is 47.3 Å². The van der Waals surface area contributed by atoms with Gasteiger partial charge >= 0.3 is 5.63 Å². The number of thioether (sulfide) groups is 1. The lowest BCUT2D eigenvalue weighted by atomic mass is 10.1. The van der Waals surface area contributed by atoms with Crippen LogP contribution >= 0.6 is 11.8 Å². The highest BCUT2D eigenvalue weighted by Crippen LogP contribution is 2.29. The van der Waals surface area contributed by atoms with Crippen molar-refractivity contribution in [1.82, 2.24) is 0 Å². The number of fused-ring (bicyclic) bond motifs is 1. The molecule has 2 rings (SSSR count). The third kappa shape index (κ3) is 2.48. The van der Waals surface area contributed by atoms with E-state index in [1.54, 1.807) is 6.92 Å². The Bertz CT molecular complexity index is 671. The molecule has 0 saturated heterocycles.